The largest absolute Gasteiger partial charge is 0.469 e. The van der Waals surface area contributed by atoms with Crippen LogP contribution < -0.4 is 5.73 Å². The van der Waals surface area contributed by atoms with Crippen molar-refractivity contribution in [3.05, 3.63) is 0 Å². The van der Waals surface area contributed by atoms with Gasteiger partial charge in [0.05, 0.1) is 13.5 Å². The maximum atomic E-state index is 12.5. The van der Waals surface area contributed by atoms with E-state index in [1.807, 2.05) is 0 Å². The molecule has 0 saturated carbocycles. The number of methoxy groups -OCH3 is 1. The lowest BCUT2D eigenvalue weighted by atomic mass is 9.85. The first-order valence-electron chi connectivity index (χ1n) is 6.53. The molecule has 0 saturated heterocycles. The molecular weight excluding hydrogens is 289 g/mol. The normalized spacial score (nSPS) is 13.7. The van der Waals surface area contributed by atoms with Gasteiger partial charge in [0.15, 0.2) is 0 Å². The van der Waals surface area contributed by atoms with Crippen LogP contribution in [-0.4, -0.2) is 49.2 Å². The van der Waals surface area contributed by atoms with E-state index in [1.165, 1.54) is 0 Å². The molecule has 0 radical (unpaired) electrons. The summed E-state index contributed by atoms with van der Waals surface area (Å²) in [6.45, 7) is 3.65. The Labute approximate surface area is 122 Å². The standard InChI is InChI=1S/C13H23F3N2O3/c1-12(2,3)9(17)7-10(19)18(8-13(14,15)16)6-5-11(20)21-4/h9H,5-8,17H2,1-4H3. The summed E-state index contributed by atoms with van der Waals surface area (Å²) in [5.74, 6) is -1.39. The van der Waals surface area contributed by atoms with Gasteiger partial charge < -0.3 is 15.4 Å². The molecule has 0 spiro atoms. The second kappa shape index (κ2) is 7.63. The van der Waals surface area contributed by atoms with Gasteiger partial charge in [-0.15, -0.1) is 0 Å². The van der Waals surface area contributed by atoms with Crippen LogP contribution in [0, 0.1) is 5.41 Å². The molecule has 8 heteroatoms. The molecule has 0 aliphatic carbocycles. The van der Waals surface area contributed by atoms with Crippen LogP contribution in [0.5, 0.6) is 0 Å². The summed E-state index contributed by atoms with van der Waals surface area (Å²) in [7, 11) is 1.13. The van der Waals surface area contributed by atoms with E-state index in [2.05, 4.69) is 4.74 Å². The second-order valence-electron chi connectivity index (χ2n) is 5.93. The van der Waals surface area contributed by atoms with E-state index in [1.54, 1.807) is 20.8 Å². The predicted octanol–water partition coefficient (Wildman–Crippen LogP) is 1.70. The van der Waals surface area contributed by atoms with Crippen molar-refractivity contribution >= 4 is 11.9 Å². The molecule has 5 nitrogen and oxygen atoms in total. The van der Waals surface area contributed by atoms with Crippen molar-refractivity contribution in [3.63, 3.8) is 0 Å². The first-order chi connectivity index (χ1) is 9.36. The molecule has 0 aliphatic rings. The van der Waals surface area contributed by atoms with Crippen LogP contribution in [0.15, 0.2) is 0 Å². The molecule has 0 rings (SSSR count). The minimum Gasteiger partial charge on any atom is -0.469 e. The number of ether oxygens (including phenoxy) is 1. The molecule has 2 N–H and O–H groups in total. The number of nitrogens with zero attached hydrogens (tertiary/aromatic N) is 1. The summed E-state index contributed by atoms with van der Waals surface area (Å²) in [5.41, 5.74) is 5.41. The van der Waals surface area contributed by atoms with Gasteiger partial charge in [0.2, 0.25) is 5.91 Å². The number of carbonyl (C=O) groups excluding carboxylic acids is 2. The Morgan fingerprint density at radius 3 is 2.14 bits per heavy atom. The molecular formula is C13H23F3N2O3. The lowest BCUT2D eigenvalue weighted by Crippen LogP contribution is -2.45. The van der Waals surface area contributed by atoms with Crippen LogP contribution in [0.4, 0.5) is 13.2 Å². The number of rotatable bonds is 6. The molecule has 0 fully saturated rings. The zero-order valence-electron chi connectivity index (χ0n) is 12.8. The SMILES string of the molecule is COC(=O)CCN(CC(F)(F)F)C(=O)CC(N)C(C)(C)C. The summed E-state index contributed by atoms with van der Waals surface area (Å²) in [4.78, 5) is 23.6. The molecule has 0 aromatic heterocycles. The Hall–Kier alpha value is -1.31. The minimum atomic E-state index is -4.53. The highest BCUT2D eigenvalue weighted by molar-refractivity contribution is 5.78. The van der Waals surface area contributed by atoms with Gasteiger partial charge in [-0.2, -0.15) is 13.2 Å². The molecule has 0 heterocycles. The Bertz CT molecular complexity index is 365. The zero-order valence-corrected chi connectivity index (χ0v) is 12.8. The number of halogens is 3. The van der Waals surface area contributed by atoms with Crippen molar-refractivity contribution in [2.24, 2.45) is 11.1 Å². The molecule has 0 aliphatic heterocycles. The van der Waals surface area contributed by atoms with Crippen molar-refractivity contribution in [3.8, 4) is 0 Å². The number of carbonyl (C=O) groups is 2. The number of hydrogen-bond donors (Lipinski definition) is 1. The maximum Gasteiger partial charge on any atom is 0.406 e. The van der Waals surface area contributed by atoms with Gasteiger partial charge in [-0.3, -0.25) is 9.59 Å². The summed E-state index contributed by atoms with van der Waals surface area (Å²) in [6.07, 6.45) is -5.03. The van der Waals surface area contributed by atoms with E-state index >= 15 is 0 Å². The quantitative estimate of drug-likeness (QED) is 0.758. The number of amides is 1. The molecule has 1 atom stereocenters. The van der Waals surface area contributed by atoms with Crippen LogP contribution >= 0.6 is 0 Å². The Morgan fingerprint density at radius 2 is 1.76 bits per heavy atom. The monoisotopic (exact) mass is 312 g/mol. The fraction of sp³-hybridized carbons (Fsp3) is 0.846. The summed E-state index contributed by atoms with van der Waals surface area (Å²) >= 11 is 0. The number of alkyl halides is 3. The van der Waals surface area contributed by atoms with Crippen molar-refractivity contribution < 1.29 is 27.5 Å². The molecule has 0 aromatic rings. The zero-order chi connectivity index (χ0) is 16.8. The number of esters is 1. The number of hydrogen-bond acceptors (Lipinski definition) is 4. The Balaban J connectivity index is 4.78. The predicted molar refractivity (Wildman–Crippen MR) is 71.3 cm³/mol. The van der Waals surface area contributed by atoms with Crippen molar-refractivity contribution in [1.29, 1.82) is 0 Å². The molecule has 0 bridgehead atoms. The number of nitrogens with two attached hydrogens (primary N) is 1. The summed E-state index contributed by atoms with van der Waals surface area (Å²) in [6, 6.07) is -0.570. The van der Waals surface area contributed by atoms with Crippen molar-refractivity contribution in [2.75, 3.05) is 20.2 Å². The van der Waals surface area contributed by atoms with Gasteiger partial charge >= 0.3 is 12.1 Å². The lowest BCUT2D eigenvalue weighted by Gasteiger charge is -2.30. The Morgan fingerprint density at radius 1 is 1.24 bits per heavy atom. The first kappa shape index (κ1) is 19.7. The van der Waals surface area contributed by atoms with Crippen LogP contribution in [0.1, 0.15) is 33.6 Å². The highest BCUT2D eigenvalue weighted by Gasteiger charge is 2.34. The van der Waals surface area contributed by atoms with Gasteiger partial charge in [-0.25, -0.2) is 0 Å². The minimum absolute atomic E-state index is 0.208. The maximum absolute atomic E-state index is 12.5. The van der Waals surface area contributed by atoms with E-state index in [9.17, 15) is 22.8 Å². The third-order valence-electron chi connectivity index (χ3n) is 3.04. The van der Waals surface area contributed by atoms with E-state index in [-0.39, 0.29) is 19.4 Å². The van der Waals surface area contributed by atoms with Gasteiger partial charge in [-0.05, 0) is 5.41 Å². The van der Waals surface area contributed by atoms with Gasteiger partial charge in [0.25, 0.3) is 0 Å². The van der Waals surface area contributed by atoms with Crippen molar-refractivity contribution in [2.45, 2.75) is 45.8 Å². The van der Waals surface area contributed by atoms with Crippen LogP contribution in [0.3, 0.4) is 0 Å². The molecule has 1 amide bonds. The third-order valence-corrected chi connectivity index (χ3v) is 3.04. The van der Waals surface area contributed by atoms with E-state index in [0.717, 1.165) is 7.11 Å². The fourth-order valence-electron chi connectivity index (χ4n) is 1.46. The average Bonchev–Trinajstić information content (AvgIpc) is 2.31. The van der Waals surface area contributed by atoms with Crippen LogP contribution in [-0.2, 0) is 14.3 Å². The highest BCUT2D eigenvalue weighted by atomic mass is 19.4. The van der Waals surface area contributed by atoms with Crippen molar-refractivity contribution in [1.82, 2.24) is 4.90 Å². The smallest absolute Gasteiger partial charge is 0.406 e. The third kappa shape index (κ3) is 8.54. The molecule has 0 aromatic carbocycles. The van der Waals surface area contributed by atoms with E-state index in [0.29, 0.717) is 4.90 Å². The first-order valence-corrected chi connectivity index (χ1v) is 6.53. The molecule has 124 valence electrons. The highest BCUT2D eigenvalue weighted by Crippen LogP contribution is 2.22. The summed E-state index contributed by atoms with van der Waals surface area (Å²) in [5, 5.41) is 0. The topological polar surface area (TPSA) is 72.6 Å². The lowest BCUT2D eigenvalue weighted by molar-refractivity contribution is -0.163. The Kier molecular flexibility index (Phi) is 7.15. The fourth-order valence-corrected chi connectivity index (χ4v) is 1.46. The second-order valence-corrected chi connectivity index (χ2v) is 5.93. The van der Waals surface area contributed by atoms with Crippen LogP contribution in [0.25, 0.3) is 0 Å². The van der Waals surface area contributed by atoms with Crippen LogP contribution in [0.2, 0.25) is 0 Å². The summed E-state index contributed by atoms with van der Waals surface area (Å²) < 4.78 is 41.9. The van der Waals surface area contributed by atoms with E-state index < -0.39 is 36.1 Å². The van der Waals surface area contributed by atoms with Gasteiger partial charge in [0.1, 0.15) is 6.54 Å². The van der Waals surface area contributed by atoms with Gasteiger partial charge in [0, 0.05) is 19.0 Å². The van der Waals surface area contributed by atoms with E-state index in [4.69, 9.17) is 5.73 Å². The average molecular weight is 312 g/mol. The molecule has 1 unspecified atom stereocenters. The van der Waals surface area contributed by atoms with Gasteiger partial charge in [-0.1, -0.05) is 20.8 Å². The molecule has 21 heavy (non-hydrogen) atoms.